The van der Waals surface area contributed by atoms with Gasteiger partial charge in [-0.25, -0.2) is 0 Å². The van der Waals surface area contributed by atoms with E-state index in [1.807, 2.05) is 13.1 Å². The first kappa shape index (κ1) is 20.9. The largest absolute Gasteiger partial charge is 0.496 e. The number of benzene rings is 1. The van der Waals surface area contributed by atoms with Crippen LogP contribution >= 0.6 is 0 Å². The standard InChI is InChI=1S/C22H37N5O/c1-23-22(24-15-18-9-8-12-26(2)17-18)25-16-20(27-13-6-7-14-27)19-10-4-5-11-21(19)28-3/h4-5,10-11,18,20H,6-9,12-17H2,1-3H3,(H2,23,24,25). The van der Waals surface area contributed by atoms with Crippen molar-refractivity contribution in [1.29, 1.82) is 0 Å². The molecule has 2 N–H and O–H groups in total. The summed E-state index contributed by atoms with van der Waals surface area (Å²) in [5, 5.41) is 7.12. The topological polar surface area (TPSA) is 52.1 Å². The number of piperidine rings is 1. The van der Waals surface area contributed by atoms with Crippen LogP contribution < -0.4 is 15.4 Å². The average Bonchev–Trinajstić information content (AvgIpc) is 3.25. The lowest BCUT2D eigenvalue weighted by Gasteiger charge is -2.31. The molecule has 0 amide bonds. The lowest BCUT2D eigenvalue weighted by Crippen LogP contribution is -2.46. The Morgan fingerprint density at radius 1 is 1.18 bits per heavy atom. The van der Waals surface area contributed by atoms with Crippen molar-refractivity contribution in [2.24, 2.45) is 10.9 Å². The molecule has 6 nitrogen and oxygen atoms in total. The molecular formula is C22H37N5O. The number of guanidine groups is 1. The Hall–Kier alpha value is -1.79. The molecule has 2 unspecified atom stereocenters. The zero-order valence-electron chi connectivity index (χ0n) is 17.8. The summed E-state index contributed by atoms with van der Waals surface area (Å²) in [4.78, 5) is 9.45. The fourth-order valence-electron chi connectivity index (χ4n) is 4.53. The zero-order valence-corrected chi connectivity index (χ0v) is 17.8. The third kappa shape index (κ3) is 5.61. The number of rotatable bonds is 7. The normalized spacial score (nSPS) is 22.8. The third-order valence-electron chi connectivity index (χ3n) is 6.05. The Bertz CT molecular complexity index is 629. The predicted octanol–water partition coefficient (Wildman–Crippen LogP) is 2.34. The molecular weight excluding hydrogens is 350 g/mol. The van der Waals surface area contributed by atoms with Crippen molar-refractivity contribution < 1.29 is 4.74 Å². The van der Waals surface area contributed by atoms with Crippen LogP contribution in [0.25, 0.3) is 0 Å². The molecule has 1 aromatic rings. The van der Waals surface area contributed by atoms with Gasteiger partial charge in [0.15, 0.2) is 5.96 Å². The van der Waals surface area contributed by atoms with Crippen molar-refractivity contribution in [1.82, 2.24) is 20.4 Å². The number of hydrogen-bond acceptors (Lipinski definition) is 4. The van der Waals surface area contributed by atoms with Crippen LogP contribution in [-0.4, -0.2) is 76.2 Å². The molecule has 0 saturated carbocycles. The molecule has 28 heavy (non-hydrogen) atoms. The number of likely N-dealkylation sites (tertiary alicyclic amines) is 2. The lowest BCUT2D eigenvalue weighted by molar-refractivity contribution is 0.210. The van der Waals surface area contributed by atoms with Crippen molar-refractivity contribution in [3.63, 3.8) is 0 Å². The van der Waals surface area contributed by atoms with Gasteiger partial charge in [0.25, 0.3) is 0 Å². The maximum atomic E-state index is 5.65. The molecule has 0 radical (unpaired) electrons. The van der Waals surface area contributed by atoms with Crippen molar-refractivity contribution in [3.8, 4) is 5.75 Å². The second-order valence-corrected chi connectivity index (χ2v) is 8.11. The average molecular weight is 388 g/mol. The van der Waals surface area contributed by atoms with Crippen LogP contribution in [0.5, 0.6) is 5.75 Å². The number of para-hydroxylation sites is 1. The van der Waals surface area contributed by atoms with E-state index in [2.05, 4.69) is 50.7 Å². The molecule has 0 aromatic heterocycles. The Balaban J connectivity index is 1.60. The minimum absolute atomic E-state index is 0.290. The summed E-state index contributed by atoms with van der Waals surface area (Å²) < 4.78 is 5.65. The minimum Gasteiger partial charge on any atom is -0.496 e. The highest BCUT2D eigenvalue weighted by molar-refractivity contribution is 5.79. The summed E-state index contributed by atoms with van der Waals surface area (Å²) in [5.41, 5.74) is 1.25. The first-order valence-electron chi connectivity index (χ1n) is 10.7. The van der Waals surface area contributed by atoms with E-state index < -0.39 is 0 Å². The number of methoxy groups -OCH3 is 1. The van der Waals surface area contributed by atoms with Crippen LogP contribution in [0, 0.1) is 5.92 Å². The summed E-state index contributed by atoms with van der Waals surface area (Å²) in [6.45, 7) is 6.48. The molecule has 0 bridgehead atoms. The van der Waals surface area contributed by atoms with Crippen molar-refractivity contribution in [3.05, 3.63) is 29.8 Å². The zero-order chi connectivity index (χ0) is 19.8. The van der Waals surface area contributed by atoms with Crippen LogP contribution in [0.2, 0.25) is 0 Å². The molecule has 2 saturated heterocycles. The Morgan fingerprint density at radius 2 is 1.96 bits per heavy atom. The van der Waals surface area contributed by atoms with E-state index >= 15 is 0 Å². The first-order chi connectivity index (χ1) is 13.7. The van der Waals surface area contributed by atoms with Gasteiger partial charge in [-0.15, -0.1) is 0 Å². The smallest absolute Gasteiger partial charge is 0.191 e. The highest BCUT2D eigenvalue weighted by Gasteiger charge is 2.26. The van der Waals surface area contributed by atoms with Gasteiger partial charge in [-0.2, -0.15) is 0 Å². The van der Waals surface area contributed by atoms with Gasteiger partial charge in [0, 0.05) is 32.2 Å². The number of hydrogen-bond donors (Lipinski definition) is 2. The highest BCUT2D eigenvalue weighted by Crippen LogP contribution is 2.31. The van der Waals surface area contributed by atoms with Gasteiger partial charge in [-0.3, -0.25) is 9.89 Å². The van der Waals surface area contributed by atoms with E-state index in [-0.39, 0.29) is 6.04 Å². The fourth-order valence-corrected chi connectivity index (χ4v) is 4.53. The number of aliphatic imine (C=N–C) groups is 1. The van der Waals surface area contributed by atoms with Crippen LogP contribution in [0.4, 0.5) is 0 Å². The molecule has 2 atom stereocenters. The highest BCUT2D eigenvalue weighted by atomic mass is 16.5. The molecule has 2 heterocycles. The van der Waals surface area contributed by atoms with Gasteiger partial charge in [-0.1, -0.05) is 18.2 Å². The molecule has 2 fully saturated rings. The first-order valence-corrected chi connectivity index (χ1v) is 10.7. The summed E-state index contributed by atoms with van der Waals surface area (Å²) in [5.74, 6) is 2.56. The van der Waals surface area contributed by atoms with Gasteiger partial charge in [0.2, 0.25) is 0 Å². The van der Waals surface area contributed by atoms with Crippen molar-refractivity contribution >= 4 is 5.96 Å². The second-order valence-electron chi connectivity index (χ2n) is 8.11. The molecule has 156 valence electrons. The van der Waals surface area contributed by atoms with E-state index in [0.29, 0.717) is 5.92 Å². The molecule has 0 spiro atoms. The predicted molar refractivity (Wildman–Crippen MR) is 116 cm³/mol. The SMILES string of the molecule is CN=C(NCC1CCCN(C)C1)NCC(c1ccccc1OC)N1CCCC1. The summed E-state index contributed by atoms with van der Waals surface area (Å²) in [6, 6.07) is 8.69. The number of nitrogens with zero attached hydrogens (tertiary/aromatic N) is 3. The Morgan fingerprint density at radius 3 is 2.68 bits per heavy atom. The van der Waals surface area contributed by atoms with Gasteiger partial charge in [0.1, 0.15) is 5.75 Å². The van der Waals surface area contributed by atoms with E-state index in [0.717, 1.165) is 37.9 Å². The van der Waals surface area contributed by atoms with E-state index in [1.54, 1.807) is 7.11 Å². The Labute approximate surface area is 170 Å². The van der Waals surface area contributed by atoms with E-state index in [1.165, 1.54) is 44.3 Å². The van der Waals surface area contributed by atoms with Gasteiger partial charge < -0.3 is 20.3 Å². The van der Waals surface area contributed by atoms with Crippen LogP contribution in [0.1, 0.15) is 37.3 Å². The molecule has 2 aliphatic heterocycles. The van der Waals surface area contributed by atoms with Gasteiger partial charge in [-0.05, 0) is 64.3 Å². The molecule has 3 rings (SSSR count). The van der Waals surface area contributed by atoms with Gasteiger partial charge >= 0.3 is 0 Å². The second kappa shape index (κ2) is 10.7. The lowest BCUT2D eigenvalue weighted by atomic mass is 9.98. The summed E-state index contributed by atoms with van der Waals surface area (Å²) in [7, 11) is 5.83. The summed E-state index contributed by atoms with van der Waals surface area (Å²) in [6.07, 6.45) is 5.13. The van der Waals surface area contributed by atoms with Crippen molar-refractivity contribution in [2.45, 2.75) is 31.7 Å². The van der Waals surface area contributed by atoms with E-state index in [9.17, 15) is 0 Å². The van der Waals surface area contributed by atoms with Crippen LogP contribution in [0.3, 0.4) is 0 Å². The third-order valence-corrected chi connectivity index (χ3v) is 6.05. The van der Waals surface area contributed by atoms with Crippen LogP contribution in [0.15, 0.2) is 29.3 Å². The number of ether oxygens (including phenoxy) is 1. The van der Waals surface area contributed by atoms with E-state index in [4.69, 9.17) is 4.74 Å². The molecule has 1 aromatic carbocycles. The molecule has 0 aliphatic carbocycles. The quantitative estimate of drug-likeness (QED) is 0.556. The van der Waals surface area contributed by atoms with Crippen LogP contribution in [-0.2, 0) is 0 Å². The fraction of sp³-hybridized carbons (Fsp3) is 0.682. The maximum Gasteiger partial charge on any atom is 0.191 e. The number of nitrogens with one attached hydrogen (secondary N) is 2. The molecule has 6 heteroatoms. The van der Waals surface area contributed by atoms with Crippen molar-refractivity contribution in [2.75, 3.05) is 60.5 Å². The molecule has 2 aliphatic rings. The monoisotopic (exact) mass is 387 g/mol. The maximum absolute atomic E-state index is 5.65. The Kier molecular flexibility index (Phi) is 7.98. The van der Waals surface area contributed by atoms with Gasteiger partial charge in [0.05, 0.1) is 13.2 Å². The minimum atomic E-state index is 0.290. The summed E-state index contributed by atoms with van der Waals surface area (Å²) >= 11 is 0.